The highest BCUT2D eigenvalue weighted by Crippen LogP contribution is 2.42. The summed E-state index contributed by atoms with van der Waals surface area (Å²) in [6, 6.07) is 12.3. The van der Waals surface area contributed by atoms with E-state index < -0.39 is 0 Å². The van der Waals surface area contributed by atoms with Crippen molar-refractivity contribution in [3.63, 3.8) is 0 Å². The molecule has 2 saturated heterocycles. The van der Waals surface area contributed by atoms with Crippen molar-refractivity contribution in [3.05, 3.63) is 59.9 Å². The molecule has 0 saturated carbocycles. The van der Waals surface area contributed by atoms with Gasteiger partial charge in [-0.2, -0.15) is 0 Å². The number of aromatic nitrogens is 1. The van der Waals surface area contributed by atoms with Gasteiger partial charge in [0.25, 0.3) is 0 Å². The normalized spacial score (nSPS) is 25.3. The first kappa shape index (κ1) is 17.5. The molecular weight excluding hydrogens is 328 g/mol. The van der Waals surface area contributed by atoms with E-state index in [-0.39, 0.29) is 5.41 Å². The van der Waals surface area contributed by atoms with Crippen LogP contribution in [-0.2, 0) is 22.6 Å². The molecule has 2 aliphatic rings. The topological polar surface area (TPSA) is 43.8 Å². The molecule has 0 aliphatic carbocycles. The number of pyridine rings is 1. The quantitative estimate of drug-likeness (QED) is 0.765. The lowest BCUT2D eigenvalue weighted by Crippen LogP contribution is -2.35. The van der Waals surface area contributed by atoms with Gasteiger partial charge in [-0.3, -0.25) is 9.88 Å². The number of ether oxygens (including phenoxy) is 3. The summed E-state index contributed by atoms with van der Waals surface area (Å²) in [6.45, 7) is 5.96. The van der Waals surface area contributed by atoms with Crippen molar-refractivity contribution in [1.82, 2.24) is 9.88 Å². The number of hydrogen-bond acceptors (Lipinski definition) is 5. The van der Waals surface area contributed by atoms with Crippen molar-refractivity contribution < 1.29 is 14.2 Å². The van der Waals surface area contributed by atoms with Gasteiger partial charge in [-0.1, -0.05) is 18.2 Å². The average molecular weight is 354 g/mol. The van der Waals surface area contributed by atoms with Crippen LogP contribution in [0.3, 0.4) is 0 Å². The number of benzene rings is 1. The Hall–Kier alpha value is -1.95. The Morgan fingerprint density at radius 2 is 2.08 bits per heavy atom. The highest BCUT2D eigenvalue weighted by molar-refractivity contribution is 5.33. The maximum Gasteiger partial charge on any atom is 0.123 e. The minimum atomic E-state index is 0.106. The molecule has 1 aromatic carbocycles. The number of nitrogens with zero attached hydrogens (tertiary/aromatic N) is 2. The largest absolute Gasteiger partial charge is 0.496 e. The maximum absolute atomic E-state index is 6.09. The van der Waals surface area contributed by atoms with Crippen molar-refractivity contribution in [2.45, 2.75) is 13.2 Å². The minimum Gasteiger partial charge on any atom is -0.496 e. The number of rotatable bonds is 7. The van der Waals surface area contributed by atoms with Gasteiger partial charge < -0.3 is 14.2 Å². The Balaban J connectivity index is 1.38. The summed E-state index contributed by atoms with van der Waals surface area (Å²) in [5.74, 6) is 1.50. The second-order valence-corrected chi connectivity index (χ2v) is 7.40. The Labute approximate surface area is 154 Å². The van der Waals surface area contributed by atoms with Crippen LogP contribution in [0.4, 0.5) is 0 Å². The van der Waals surface area contributed by atoms with Crippen LogP contribution in [0.1, 0.15) is 11.1 Å². The average Bonchev–Trinajstić information content (AvgIpc) is 3.19. The second kappa shape index (κ2) is 7.74. The van der Waals surface area contributed by atoms with Gasteiger partial charge in [-0.25, -0.2) is 0 Å². The van der Waals surface area contributed by atoms with Crippen LogP contribution >= 0.6 is 0 Å². The van der Waals surface area contributed by atoms with E-state index in [1.807, 2.05) is 36.7 Å². The zero-order chi connectivity index (χ0) is 17.8. The summed E-state index contributed by atoms with van der Waals surface area (Å²) >= 11 is 0. The standard InChI is InChI=1S/C21H26N2O3/c1-24-20-5-3-2-4-18(20)10-23-11-19-13-26-16-21(19,14-23)15-25-12-17-6-8-22-9-7-17/h2-9,19H,10-16H2,1H3/t19-,21-/m1/s1. The number of likely N-dealkylation sites (tertiary alicyclic amines) is 1. The molecule has 2 fully saturated rings. The first-order chi connectivity index (χ1) is 12.8. The lowest BCUT2D eigenvalue weighted by Gasteiger charge is -2.27. The molecule has 0 amide bonds. The van der Waals surface area contributed by atoms with Gasteiger partial charge in [0.15, 0.2) is 0 Å². The third-order valence-corrected chi connectivity index (χ3v) is 5.59. The smallest absolute Gasteiger partial charge is 0.123 e. The van der Waals surface area contributed by atoms with Crippen LogP contribution in [0.15, 0.2) is 48.8 Å². The molecule has 3 heterocycles. The molecule has 138 valence electrons. The summed E-state index contributed by atoms with van der Waals surface area (Å²) in [7, 11) is 1.74. The molecule has 2 atom stereocenters. The Bertz CT molecular complexity index is 724. The second-order valence-electron chi connectivity index (χ2n) is 7.40. The number of para-hydroxylation sites is 1. The third-order valence-electron chi connectivity index (χ3n) is 5.59. The summed E-state index contributed by atoms with van der Waals surface area (Å²) in [6.07, 6.45) is 3.62. The summed E-state index contributed by atoms with van der Waals surface area (Å²) < 4.78 is 17.4. The molecule has 26 heavy (non-hydrogen) atoms. The Kier molecular flexibility index (Phi) is 5.20. The molecular formula is C21H26N2O3. The number of hydrogen-bond donors (Lipinski definition) is 0. The number of methoxy groups -OCH3 is 1. The van der Waals surface area contributed by atoms with E-state index in [1.165, 1.54) is 5.56 Å². The highest BCUT2D eigenvalue weighted by Gasteiger charge is 2.50. The lowest BCUT2D eigenvalue weighted by atomic mass is 9.82. The monoisotopic (exact) mass is 354 g/mol. The minimum absolute atomic E-state index is 0.106. The molecule has 0 N–H and O–H groups in total. The van der Waals surface area contributed by atoms with E-state index in [0.29, 0.717) is 12.5 Å². The van der Waals surface area contributed by atoms with Crippen molar-refractivity contribution in [3.8, 4) is 5.75 Å². The fourth-order valence-electron chi connectivity index (χ4n) is 4.19. The van der Waals surface area contributed by atoms with Gasteiger partial charge >= 0.3 is 0 Å². The van der Waals surface area contributed by atoms with Gasteiger partial charge in [0.1, 0.15) is 5.75 Å². The first-order valence-corrected chi connectivity index (χ1v) is 9.18. The van der Waals surface area contributed by atoms with Gasteiger partial charge in [0, 0.05) is 48.9 Å². The zero-order valence-corrected chi connectivity index (χ0v) is 15.3. The fourth-order valence-corrected chi connectivity index (χ4v) is 4.19. The summed E-state index contributed by atoms with van der Waals surface area (Å²) in [4.78, 5) is 6.57. The van der Waals surface area contributed by atoms with E-state index in [2.05, 4.69) is 22.0 Å². The highest BCUT2D eigenvalue weighted by atomic mass is 16.5. The molecule has 1 aromatic heterocycles. The molecule has 0 unspecified atom stereocenters. The lowest BCUT2D eigenvalue weighted by molar-refractivity contribution is 0.0182. The van der Waals surface area contributed by atoms with Crippen molar-refractivity contribution in [2.75, 3.05) is 40.0 Å². The van der Waals surface area contributed by atoms with Gasteiger partial charge in [-0.15, -0.1) is 0 Å². The van der Waals surface area contributed by atoms with Gasteiger partial charge in [0.05, 0.1) is 33.5 Å². The number of fused-ring (bicyclic) bond motifs is 1. The zero-order valence-electron chi connectivity index (χ0n) is 15.3. The summed E-state index contributed by atoms with van der Waals surface area (Å²) in [5.41, 5.74) is 2.51. The first-order valence-electron chi connectivity index (χ1n) is 9.18. The third kappa shape index (κ3) is 3.61. The van der Waals surface area contributed by atoms with Crippen LogP contribution in [0.2, 0.25) is 0 Å². The van der Waals surface area contributed by atoms with E-state index in [9.17, 15) is 0 Å². The fraction of sp³-hybridized carbons (Fsp3) is 0.476. The van der Waals surface area contributed by atoms with Crippen LogP contribution < -0.4 is 4.74 Å². The molecule has 0 spiro atoms. The predicted octanol–water partition coefficient (Wildman–Crippen LogP) is 2.76. The predicted molar refractivity (Wildman–Crippen MR) is 98.9 cm³/mol. The van der Waals surface area contributed by atoms with Crippen LogP contribution in [0.5, 0.6) is 5.75 Å². The molecule has 0 radical (unpaired) electrons. The van der Waals surface area contributed by atoms with Crippen molar-refractivity contribution in [2.24, 2.45) is 11.3 Å². The van der Waals surface area contributed by atoms with Crippen molar-refractivity contribution >= 4 is 0 Å². The SMILES string of the molecule is COc1ccccc1CN1C[C@@H]2COC[C@]2(COCc2ccncc2)C1. The van der Waals surface area contributed by atoms with Gasteiger partial charge in [0.2, 0.25) is 0 Å². The van der Waals surface area contributed by atoms with E-state index in [1.54, 1.807) is 7.11 Å². The molecule has 5 heteroatoms. The van der Waals surface area contributed by atoms with Crippen LogP contribution in [0.25, 0.3) is 0 Å². The van der Waals surface area contributed by atoms with Gasteiger partial charge in [-0.05, 0) is 23.8 Å². The van der Waals surface area contributed by atoms with E-state index >= 15 is 0 Å². The summed E-state index contributed by atoms with van der Waals surface area (Å²) in [5, 5.41) is 0. The van der Waals surface area contributed by atoms with E-state index in [4.69, 9.17) is 14.2 Å². The molecule has 2 aliphatic heterocycles. The Morgan fingerprint density at radius 3 is 2.92 bits per heavy atom. The Morgan fingerprint density at radius 1 is 1.23 bits per heavy atom. The molecule has 2 aromatic rings. The van der Waals surface area contributed by atoms with Crippen LogP contribution in [-0.4, -0.2) is 49.9 Å². The molecule has 4 rings (SSSR count). The van der Waals surface area contributed by atoms with E-state index in [0.717, 1.165) is 50.8 Å². The maximum atomic E-state index is 6.09. The molecule has 5 nitrogen and oxygen atoms in total. The van der Waals surface area contributed by atoms with Crippen LogP contribution in [0, 0.1) is 11.3 Å². The molecule has 0 bridgehead atoms. The van der Waals surface area contributed by atoms with Crippen molar-refractivity contribution in [1.29, 1.82) is 0 Å².